The molecule has 4 unspecified atom stereocenters. The van der Waals surface area contributed by atoms with E-state index in [1.807, 2.05) is 0 Å². The molecule has 3 fully saturated rings. The fourth-order valence-corrected chi connectivity index (χ4v) is 3.84. The van der Waals surface area contributed by atoms with Crippen LogP contribution in [0, 0.1) is 17.8 Å². The average Bonchev–Trinajstić information content (AvgIpc) is 2.56. The Morgan fingerprint density at radius 2 is 2.31 bits per heavy atom. The molecule has 13 heavy (non-hydrogen) atoms. The number of carbonyl (C=O) groups is 1. The van der Waals surface area contributed by atoms with Gasteiger partial charge in [-0.2, -0.15) is 0 Å². The van der Waals surface area contributed by atoms with Gasteiger partial charge in [0.1, 0.15) is 5.60 Å². The summed E-state index contributed by atoms with van der Waals surface area (Å²) < 4.78 is 5.49. The molecule has 2 bridgehead atoms. The zero-order chi connectivity index (χ0) is 9.05. The average molecular weight is 178 g/mol. The first-order chi connectivity index (χ1) is 6.23. The molecule has 0 spiro atoms. The number of hydrogen-bond acceptors (Lipinski definition) is 2. The van der Waals surface area contributed by atoms with Crippen molar-refractivity contribution in [1.82, 2.24) is 0 Å². The van der Waals surface area contributed by atoms with Crippen LogP contribution in [0.2, 0.25) is 0 Å². The van der Waals surface area contributed by atoms with Crippen LogP contribution in [0.4, 0.5) is 0 Å². The van der Waals surface area contributed by atoms with Gasteiger partial charge in [0.05, 0.1) is 0 Å². The van der Waals surface area contributed by atoms with Crippen molar-refractivity contribution in [3.8, 4) is 0 Å². The first kappa shape index (κ1) is 7.60. The number of ether oxygens (including phenoxy) is 1. The number of fused-ring (bicyclic) bond motifs is 1. The molecule has 2 heteroatoms. The molecule has 0 saturated heterocycles. The van der Waals surface area contributed by atoms with Crippen LogP contribution in [-0.2, 0) is 9.53 Å². The second kappa shape index (κ2) is 2.17. The van der Waals surface area contributed by atoms with Crippen molar-refractivity contribution in [2.45, 2.75) is 31.3 Å². The lowest BCUT2D eigenvalue weighted by atomic mass is 9.60. The Labute approximate surface area is 78.0 Å². The highest BCUT2D eigenvalue weighted by Gasteiger charge is 2.66. The van der Waals surface area contributed by atoms with Gasteiger partial charge in [-0.25, -0.2) is 4.79 Å². The van der Waals surface area contributed by atoms with Crippen LogP contribution in [0.25, 0.3) is 0 Å². The van der Waals surface area contributed by atoms with Gasteiger partial charge in [-0.1, -0.05) is 6.58 Å². The Bertz CT molecular complexity index is 284. The van der Waals surface area contributed by atoms with E-state index in [0.717, 1.165) is 24.7 Å². The van der Waals surface area contributed by atoms with Crippen LogP contribution in [0.3, 0.4) is 0 Å². The molecule has 3 aliphatic carbocycles. The summed E-state index contributed by atoms with van der Waals surface area (Å²) in [7, 11) is 0. The van der Waals surface area contributed by atoms with Gasteiger partial charge in [0.2, 0.25) is 0 Å². The Hall–Kier alpha value is -0.790. The van der Waals surface area contributed by atoms with E-state index in [0.29, 0.717) is 5.92 Å². The SMILES string of the molecule is C=CC(=O)OC12CC3CC(C1)C2C3. The zero-order valence-electron chi connectivity index (χ0n) is 7.66. The summed E-state index contributed by atoms with van der Waals surface area (Å²) in [5.41, 5.74) is -0.0428. The Morgan fingerprint density at radius 1 is 1.46 bits per heavy atom. The molecule has 0 aliphatic heterocycles. The topological polar surface area (TPSA) is 26.3 Å². The van der Waals surface area contributed by atoms with Crippen LogP contribution < -0.4 is 0 Å². The Morgan fingerprint density at radius 3 is 2.85 bits per heavy atom. The van der Waals surface area contributed by atoms with E-state index in [2.05, 4.69) is 6.58 Å². The van der Waals surface area contributed by atoms with Crippen LogP contribution in [0.5, 0.6) is 0 Å². The minimum atomic E-state index is -0.231. The van der Waals surface area contributed by atoms with Crippen LogP contribution in [0.15, 0.2) is 12.7 Å². The van der Waals surface area contributed by atoms with E-state index in [-0.39, 0.29) is 11.6 Å². The van der Waals surface area contributed by atoms with Crippen molar-refractivity contribution in [3.63, 3.8) is 0 Å². The van der Waals surface area contributed by atoms with Gasteiger partial charge in [0.15, 0.2) is 0 Å². The molecular formula is C11H14O2. The molecule has 0 aromatic heterocycles. The summed E-state index contributed by atoms with van der Waals surface area (Å²) in [6.07, 6.45) is 6.21. The zero-order valence-corrected chi connectivity index (χ0v) is 7.66. The number of hydrogen-bond donors (Lipinski definition) is 0. The van der Waals surface area contributed by atoms with Crippen LogP contribution in [0.1, 0.15) is 25.7 Å². The first-order valence-electron chi connectivity index (χ1n) is 5.09. The fourth-order valence-electron chi connectivity index (χ4n) is 3.84. The molecular weight excluding hydrogens is 164 g/mol. The smallest absolute Gasteiger partial charge is 0.330 e. The molecule has 3 aliphatic rings. The standard InChI is InChI=1S/C11H14O2/c1-2-10(12)13-11-5-7-3-8(6-11)9(11)4-7/h2,7-9H,1,3-6H2. The third-order valence-electron chi connectivity index (χ3n) is 4.18. The van der Waals surface area contributed by atoms with Gasteiger partial charge in [0, 0.05) is 12.0 Å². The van der Waals surface area contributed by atoms with Gasteiger partial charge in [-0.15, -0.1) is 0 Å². The highest BCUT2D eigenvalue weighted by Crippen LogP contribution is 2.67. The van der Waals surface area contributed by atoms with Crippen molar-refractivity contribution in [3.05, 3.63) is 12.7 Å². The second-order valence-electron chi connectivity index (χ2n) is 4.80. The van der Waals surface area contributed by atoms with Gasteiger partial charge in [-0.05, 0) is 37.5 Å². The molecule has 0 heterocycles. The van der Waals surface area contributed by atoms with E-state index in [1.54, 1.807) is 0 Å². The minimum absolute atomic E-state index is 0.0428. The monoisotopic (exact) mass is 178 g/mol. The maximum atomic E-state index is 11.1. The predicted molar refractivity (Wildman–Crippen MR) is 48.0 cm³/mol. The molecule has 0 aromatic carbocycles. The van der Waals surface area contributed by atoms with Crippen LogP contribution in [-0.4, -0.2) is 11.6 Å². The first-order valence-corrected chi connectivity index (χ1v) is 5.09. The normalized spacial score (nSPS) is 50.0. The van der Waals surface area contributed by atoms with E-state index >= 15 is 0 Å². The molecule has 3 saturated carbocycles. The fraction of sp³-hybridized carbons (Fsp3) is 0.727. The van der Waals surface area contributed by atoms with Crippen molar-refractivity contribution in [2.24, 2.45) is 17.8 Å². The molecule has 0 radical (unpaired) electrons. The van der Waals surface area contributed by atoms with Gasteiger partial charge >= 0.3 is 5.97 Å². The largest absolute Gasteiger partial charge is 0.456 e. The van der Waals surface area contributed by atoms with Gasteiger partial charge in [-0.3, -0.25) is 0 Å². The van der Waals surface area contributed by atoms with Crippen molar-refractivity contribution < 1.29 is 9.53 Å². The molecule has 0 N–H and O–H groups in total. The summed E-state index contributed by atoms with van der Waals surface area (Å²) >= 11 is 0. The quantitative estimate of drug-likeness (QED) is 0.477. The minimum Gasteiger partial charge on any atom is -0.456 e. The molecule has 4 atom stereocenters. The second-order valence-corrected chi connectivity index (χ2v) is 4.80. The lowest BCUT2D eigenvalue weighted by Crippen LogP contribution is -2.54. The summed E-state index contributed by atoms with van der Waals surface area (Å²) in [5, 5.41) is 0. The highest BCUT2D eigenvalue weighted by atomic mass is 16.6. The molecule has 0 aromatic rings. The number of rotatable bonds is 2. The summed E-state index contributed by atoms with van der Waals surface area (Å²) in [6, 6.07) is 0. The van der Waals surface area contributed by atoms with Crippen molar-refractivity contribution in [1.29, 1.82) is 0 Å². The van der Waals surface area contributed by atoms with Crippen molar-refractivity contribution in [2.75, 3.05) is 0 Å². The molecule has 0 amide bonds. The van der Waals surface area contributed by atoms with Crippen LogP contribution >= 0.6 is 0 Å². The summed E-state index contributed by atoms with van der Waals surface area (Å²) in [5.74, 6) is 2.19. The van der Waals surface area contributed by atoms with E-state index in [9.17, 15) is 4.79 Å². The lowest BCUT2D eigenvalue weighted by Gasteiger charge is -2.52. The predicted octanol–water partition coefficient (Wildman–Crippen LogP) is 1.90. The number of carbonyl (C=O) groups excluding carboxylic acids is 1. The van der Waals surface area contributed by atoms with E-state index in [4.69, 9.17) is 4.74 Å². The molecule has 3 rings (SSSR count). The maximum Gasteiger partial charge on any atom is 0.330 e. The Balaban J connectivity index is 1.78. The third kappa shape index (κ3) is 0.812. The summed E-state index contributed by atoms with van der Waals surface area (Å²) in [4.78, 5) is 11.1. The van der Waals surface area contributed by atoms with E-state index < -0.39 is 0 Å². The molecule has 70 valence electrons. The molecule has 2 nitrogen and oxygen atoms in total. The highest BCUT2D eigenvalue weighted by molar-refractivity contribution is 5.81. The van der Waals surface area contributed by atoms with Gasteiger partial charge in [0.25, 0.3) is 0 Å². The maximum absolute atomic E-state index is 11.1. The van der Waals surface area contributed by atoms with E-state index in [1.165, 1.54) is 18.9 Å². The Kier molecular flexibility index (Phi) is 1.27. The van der Waals surface area contributed by atoms with Crippen molar-refractivity contribution >= 4 is 5.97 Å². The summed E-state index contributed by atoms with van der Waals surface area (Å²) in [6.45, 7) is 3.44. The third-order valence-corrected chi connectivity index (χ3v) is 4.18. The van der Waals surface area contributed by atoms with Gasteiger partial charge < -0.3 is 4.74 Å². The lowest BCUT2D eigenvalue weighted by molar-refractivity contribution is -0.188. The number of esters is 1.